The van der Waals surface area contributed by atoms with Gasteiger partial charge < -0.3 is 5.73 Å². The Morgan fingerprint density at radius 1 is 1.00 bits per heavy atom. The summed E-state index contributed by atoms with van der Waals surface area (Å²) in [5.41, 5.74) is 7.29. The molecular weight excluding hydrogens is 257 g/mol. The fourth-order valence-electron chi connectivity index (χ4n) is 2.36. The molecule has 3 aromatic rings. The summed E-state index contributed by atoms with van der Waals surface area (Å²) in [5, 5.41) is 3.60. The van der Waals surface area contributed by atoms with Gasteiger partial charge in [0.05, 0.1) is 0 Å². The van der Waals surface area contributed by atoms with Gasteiger partial charge in [0.2, 0.25) is 0 Å². The van der Waals surface area contributed by atoms with Gasteiger partial charge in [0.1, 0.15) is 5.82 Å². The van der Waals surface area contributed by atoms with Gasteiger partial charge >= 0.3 is 0 Å². The van der Waals surface area contributed by atoms with Crippen molar-refractivity contribution in [1.29, 1.82) is 0 Å². The Balaban J connectivity index is 2.03. The van der Waals surface area contributed by atoms with Crippen LogP contribution >= 0.6 is 11.3 Å². The van der Waals surface area contributed by atoms with Crippen LogP contribution in [0.2, 0.25) is 0 Å². The number of rotatable bonds is 3. The molecule has 1 nitrogen and oxygen atoms in total. The van der Waals surface area contributed by atoms with Gasteiger partial charge in [-0.15, -0.1) is 11.3 Å². The molecule has 2 aromatic carbocycles. The lowest BCUT2D eigenvalue weighted by Gasteiger charge is -2.14. The Bertz CT molecular complexity index is 691. The predicted octanol–water partition coefficient (Wildman–Crippen LogP) is 4.28. The third kappa shape index (κ3) is 2.39. The number of hydrogen-bond acceptors (Lipinski definition) is 2. The largest absolute Gasteiger partial charge is 0.324 e. The second kappa shape index (κ2) is 5.11. The average Bonchev–Trinajstić information content (AvgIpc) is 2.92. The Hall–Kier alpha value is -1.71. The summed E-state index contributed by atoms with van der Waals surface area (Å²) < 4.78 is 13.8. The van der Waals surface area contributed by atoms with Crippen LogP contribution in [0.25, 0.3) is 10.8 Å². The van der Waals surface area contributed by atoms with Gasteiger partial charge in [-0.1, -0.05) is 36.4 Å². The minimum atomic E-state index is -0.192. The molecule has 0 spiro atoms. The summed E-state index contributed by atoms with van der Waals surface area (Å²) in [7, 11) is 0. The monoisotopic (exact) mass is 271 g/mol. The molecule has 0 amide bonds. The molecule has 0 aliphatic heterocycles. The average molecular weight is 271 g/mol. The van der Waals surface area contributed by atoms with E-state index in [4.69, 9.17) is 5.73 Å². The highest BCUT2D eigenvalue weighted by Crippen LogP contribution is 2.28. The maximum absolute atomic E-state index is 13.8. The number of thiophene rings is 1. The van der Waals surface area contributed by atoms with Crippen LogP contribution in [0.3, 0.4) is 0 Å². The molecule has 1 heterocycles. The van der Waals surface area contributed by atoms with E-state index in [2.05, 4.69) is 6.07 Å². The fraction of sp³-hybridized carbons (Fsp3) is 0.125. The van der Waals surface area contributed by atoms with Gasteiger partial charge in [0, 0.05) is 22.7 Å². The van der Waals surface area contributed by atoms with Crippen LogP contribution in [-0.4, -0.2) is 0 Å². The molecule has 2 N–H and O–H groups in total. The molecule has 0 aliphatic carbocycles. The Labute approximate surface area is 115 Å². The number of benzene rings is 2. The number of nitrogens with two attached hydrogens (primary N) is 1. The zero-order valence-corrected chi connectivity index (χ0v) is 11.2. The van der Waals surface area contributed by atoms with Crippen molar-refractivity contribution < 1.29 is 4.39 Å². The highest BCUT2D eigenvalue weighted by Gasteiger charge is 2.13. The van der Waals surface area contributed by atoms with Crippen molar-refractivity contribution in [3.8, 4) is 0 Å². The molecule has 3 rings (SSSR count). The van der Waals surface area contributed by atoms with E-state index in [0.717, 1.165) is 17.4 Å². The lowest BCUT2D eigenvalue weighted by atomic mass is 9.96. The minimum Gasteiger partial charge on any atom is -0.324 e. The highest BCUT2D eigenvalue weighted by atomic mass is 32.1. The van der Waals surface area contributed by atoms with Crippen molar-refractivity contribution in [3.63, 3.8) is 0 Å². The van der Waals surface area contributed by atoms with E-state index < -0.39 is 0 Å². The van der Waals surface area contributed by atoms with E-state index in [1.54, 1.807) is 23.5 Å². The molecule has 0 aliphatic rings. The zero-order valence-electron chi connectivity index (χ0n) is 10.3. The quantitative estimate of drug-likeness (QED) is 0.756. The Morgan fingerprint density at radius 3 is 2.53 bits per heavy atom. The molecular formula is C16H14FNS. The molecule has 0 radical (unpaired) electrons. The molecule has 1 aromatic heterocycles. The number of hydrogen-bond donors (Lipinski definition) is 1. The van der Waals surface area contributed by atoms with Crippen molar-refractivity contribution in [2.24, 2.45) is 5.73 Å². The SMILES string of the molecule is NC(Cc1cccs1)c1ccc(F)c2ccccc12. The summed E-state index contributed by atoms with van der Waals surface area (Å²) in [5.74, 6) is -0.192. The van der Waals surface area contributed by atoms with Crippen LogP contribution < -0.4 is 5.73 Å². The lowest BCUT2D eigenvalue weighted by molar-refractivity contribution is 0.638. The van der Waals surface area contributed by atoms with Crippen LogP contribution in [-0.2, 0) is 6.42 Å². The van der Waals surface area contributed by atoms with Crippen LogP contribution in [0.4, 0.5) is 4.39 Å². The third-order valence-electron chi connectivity index (χ3n) is 3.31. The van der Waals surface area contributed by atoms with E-state index in [-0.39, 0.29) is 11.9 Å². The van der Waals surface area contributed by atoms with Crippen molar-refractivity contribution in [1.82, 2.24) is 0 Å². The summed E-state index contributed by atoms with van der Waals surface area (Å²) in [6, 6.07) is 14.8. The molecule has 3 heteroatoms. The first-order valence-electron chi connectivity index (χ1n) is 6.21. The van der Waals surface area contributed by atoms with Gasteiger partial charge in [0.25, 0.3) is 0 Å². The third-order valence-corrected chi connectivity index (χ3v) is 4.20. The second-order valence-corrected chi connectivity index (χ2v) is 5.60. The van der Waals surface area contributed by atoms with E-state index in [1.165, 1.54) is 10.9 Å². The maximum atomic E-state index is 13.8. The molecule has 1 unspecified atom stereocenters. The summed E-state index contributed by atoms with van der Waals surface area (Å²) in [6.07, 6.45) is 0.785. The first-order valence-corrected chi connectivity index (χ1v) is 7.09. The first-order chi connectivity index (χ1) is 9.25. The van der Waals surface area contributed by atoms with Gasteiger partial charge in [0.15, 0.2) is 0 Å². The normalized spacial score (nSPS) is 12.7. The molecule has 1 atom stereocenters. The fourth-order valence-corrected chi connectivity index (χ4v) is 3.13. The molecule has 0 bridgehead atoms. The first kappa shape index (κ1) is 12.3. The molecule has 96 valence electrons. The minimum absolute atomic E-state index is 0.107. The maximum Gasteiger partial charge on any atom is 0.131 e. The number of halogens is 1. The van der Waals surface area contributed by atoms with Crippen LogP contribution in [0.1, 0.15) is 16.5 Å². The van der Waals surface area contributed by atoms with Crippen LogP contribution in [0.5, 0.6) is 0 Å². The summed E-state index contributed by atoms with van der Waals surface area (Å²) in [4.78, 5) is 1.25. The van der Waals surface area contributed by atoms with Gasteiger partial charge in [-0.25, -0.2) is 4.39 Å². The Morgan fingerprint density at radius 2 is 1.79 bits per heavy atom. The molecule has 19 heavy (non-hydrogen) atoms. The highest BCUT2D eigenvalue weighted by molar-refractivity contribution is 7.09. The summed E-state index contributed by atoms with van der Waals surface area (Å²) >= 11 is 1.70. The van der Waals surface area contributed by atoms with Crippen molar-refractivity contribution >= 4 is 22.1 Å². The molecule has 0 saturated heterocycles. The van der Waals surface area contributed by atoms with Gasteiger partial charge in [-0.3, -0.25) is 0 Å². The predicted molar refractivity (Wildman–Crippen MR) is 78.9 cm³/mol. The van der Waals surface area contributed by atoms with Gasteiger partial charge in [-0.05, 0) is 28.5 Å². The topological polar surface area (TPSA) is 26.0 Å². The van der Waals surface area contributed by atoms with E-state index in [1.807, 2.05) is 29.6 Å². The second-order valence-electron chi connectivity index (χ2n) is 4.57. The van der Waals surface area contributed by atoms with Crippen molar-refractivity contribution in [3.05, 3.63) is 70.2 Å². The molecule has 0 fully saturated rings. The number of fused-ring (bicyclic) bond motifs is 1. The lowest BCUT2D eigenvalue weighted by Crippen LogP contribution is -2.13. The smallest absolute Gasteiger partial charge is 0.131 e. The summed E-state index contributed by atoms with van der Waals surface area (Å²) in [6.45, 7) is 0. The van der Waals surface area contributed by atoms with E-state index >= 15 is 0 Å². The van der Waals surface area contributed by atoms with Crippen molar-refractivity contribution in [2.75, 3.05) is 0 Å². The van der Waals surface area contributed by atoms with E-state index in [0.29, 0.717) is 5.39 Å². The van der Waals surface area contributed by atoms with Gasteiger partial charge in [-0.2, -0.15) is 0 Å². The van der Waals surface area contributed by atoms with E-state index in [9.17, 15) is 4.39 Å². The Kier molecular flexibility index (Phi) is 3.32. The van der Waals surface area contributed by atoms with Crippen LogP contribution in [0, 0.1) is 5.82 Å². The van der Waals surface area contributed by atoms with Crippen molar-refractivity contribution in [2.45, 2.75) is 12.5 Å². The molecule has 0 saturated carbocycles. The van der Waals surface area contributed by atoms with Crippen LogP contribution in [0.15, 0.2) is 53.9 Å². The zero-order chi connectivity index (χ0) is 13.2. The standard InChI is InChI=1S/C16H14FNS/c17-15-8-7-14(12-5-1-2-6-13(12)15)16(18)10-11-4-3-9-19-11/h1-9,16H,10,18H2.